The quantitative estimate of drug-likeness (QED) is 0.748. The molecule has 0 aromatic carbocycles. The van der Waals surface area contributed by atoms with Crippen molar-refractivity contribution in [1.29, 1.82) is 0 Å². The van der Waals surface area contributed by atoms with Crippen LogP contribution in [0.25, 0.3) is 0 Å². The maximum absolute atomic E-state index is 11.9. The molecule has 4 N–H and O–H groups in total. The molecule has 106 valence electrons. The molecule has 0 spiro atoms. The zero-order chi connectivity index (χ0) is 14.0. The number of hydrogen-bond acceptors (Lipinski definition) is 5. The van der Waals surface area contributed by atoms with Gasteiger partial charge >= 0.3 is 0 Å². The van der Waals surface area contributed by atoms with Crippen molar-refractivity contribution in [2.45, 2.75) is 32.7 Å². The van der Waals surface area contributed by atoms with Crippen LogP contribution in [0.15, 0.2) is 0 Å². The van der Waals surface area contributed by atoms with Crippen molar-refractivity contribution in [3.8, 4) is 5.75 Å². The predicted octanol–water partition coefficient (Wildman–Crippen LogP) is 2.30. The van der Waals surface area contributed by atoms with E-state index in [0.717, 1.165) is 10.9 Å². The van der Waals surface area contributed by atoms with Gasteiger partial charge in [0.25, 0.3) is 5.91 Å². The van der Waals surface area contributed by atoms with Crippen LogP contribution < -0.4 is 21.1 Å². The Labute approximate surface area is 117 Å². The molecule has 19 heavy (non-hydrogen) atoms. The summed E-state index contributed by atoms with van der Waals surface area (Å²) in [6.07, 6.45) is 2.35. The second-order valence-electron chi connectivity index (χ2n) is 4.72. The van der Waals surface area contributed by atoms with Crippen molar-refractivity contribution in [2.24, 2.45) is 5.92 Å². The third-order valence-corrected chi connectivity index (χ3v) is 4.53. The van der Waals surface area contributed by atoms with Crippen LogP contribution in [-0.4, -0.2) is 25.6 Å². The second-order valence-corrected chi connectivity index (χ2v) is 5.74. The van der Waals surface area contributed by atoms with Crippen LogP contribution in [-0.2, 0) is 0 Å². The summed E-state index contributed by atoms with van der Waals surface area (Å²) in [6, 6.07) is 0.485. The fraction of sp³-hybridized carbons (Fsp3) is 0.615. The smallest absolute Gasteiger partial charge is 0.263 e. The summed E-state index contributed by atoms with van der Waals surface area (Å²) in [4.78, 5) is 12.4. The second kappa shape index (κ2) is 5.69. The Morgan fingerprint density at radius 2 is 2.26 bits per heavy atom. The fourth-order valence-corrected chi connectivity index (χ4v) is 3.25. The number of nitrogens with one attached hydrogen (secondary N) is 2. The number of nitrogen functional groups attached to an aromatic ring is 1. The first-order chi connectivity index (χ1) is 9.12. The summed E-state index contributed by atoms with van der Waals surface area (Å²) in [6.45, 7) is 4.66. The van der Waals surface area contributed by atoms with Crippen LogP contribution in [0.2, 0.25) is 0 Å². The fourth-order valence-electron chi connectivity index (χ4n) is 2.18. The van der Waals surface area contributed by atoms with Gasteiger partial charge in [0, 0.05) is 12.6 Å². The van der Waals surface area contributed by atoms with E-state index in [0.29, 0.717) is 28.9 Å². The minimum atomic E-state index is -0.140. The first-order valence-corrected chi connectivity index (χ1v) is 7.44. The number of methoxy groups -OCH3 is 1. The van der Waals surface area contributed by atoms with Crippen molar-refractivity contribution in [3.05, 3.63) is 4.88 Å². The van der Waals surface area contributed by atoms with Gasteiger partial charge in [0.15, 0.2) is 5.75 Å². The molecule has 2 unspecified atom stereocenters. The van der Waals surface area contributed by atoms with Gasteiger partial charge in [-0.2, -0.15) is 0 Å². The third kappa shape index (κ3) is 2.78. The number of amides is 1. The summed E-state index contributed by atoms with van der Waals surface area (Å²) in [5.74, 6) is 1.17. The molecular weight excluding hydrogens is 262 g/mol. The standard InChI is InChI=1S/C13H21N3O2S/c1-4-7-6-8(7)16-13-10(18-3)9(14)11(19-13)12(17)15-5-2/h7-8,16H,4-6,14H2,1-3H3,(H,15,17). The van der Waals surface area contributed by atoms with Crippen LogP contribution in [0, 0.1) is 5.92 Å². The van der Waals surface area contributed by atoms with E-state index in [4.69, 9.17) is 10.5 Å². The molecule has 0 aliphatic heterocycles. The molecule has 1 amide bonds. The number of nitrogens with two attached hydrogens (primary N) is 1. The Kier molecular flexibility index (Phi) is 4.19. The first-order valence-electron chi connectivity index (χ1n) is 6.63. The van der Waals surface area contributed by atoms with Gasteiger partial charge in [-0.15, -0.1) is 11.3 Å². The lowest BCUT2D eigenvalue weighted by Gasteiger charge is -2.05. The molecule has 1 aromatic rings. The molecule has 2 rings (SSSR count). The Morgan fingerprint density at radius 1 is 1.53 bits per heavy atom. The number of ether oxygens (including phenoxy) is 1. The minimum Gasteiger partial charge on any atom is -0.492 e. The molecule has 6 heteroatoms. The van der Waals surface area contributed by atoms with Crippen molar-refractivity contribution in [1.82, 2.24) is 5.32 Å². The van der Waals surface area contributed by atoms with Crippen LogP contribution in [0.5, 0.6) is 5.75 Å². The Hall–Kier alpha value is -1.43. The summed E-state index contributed by atoms with van der Waals surface area (Å²) in [7, 11) is 1.58. The van der Waals surface area contributed by atoms with Crippen molar-refractivity contribution in [2.75, 3.05) is 24.7 Å². The first kappa shape index (κ1) is 14.0. The number of carbonyl (C=O) groups excluding carboxylic acids is 1. The molecule has 2 atom stereocenters. The lowest BCUT2D eigenvalue weighted by Crippen LogP contribution is -2.22. The van der Waals surface area contributed by atoms with Crippen LogP contribution in [0.1, 0.15) is 36.4 Å². The van der Waals surface area contributed by atoms with Gasteiger partial charge in [0.1, 0.15) is 15.6 Å². The van der Waals surface area contributed by atoms with E-state index in [1.807, 2.05) is 6.92 Å². The highest BCUT2D eigenvalue weighted by atomic mass is 32.1. The molecule has 0 radical (unpaired) electrons. The van der Waals surface area contributed by atoms with Gasteiger partial charge in [-0.1, -0.05) is 13.3 Å². The maximum Gasteiger partial charge on any atom is 0.263 e. The average Bonchev–Trinajstić information content (AvgIpc) is 3.06. The normalized spacial score (nSPS) is 21.0. The lowest BCUT2D eigenvalue weighted by molar-refractivity contribution is 0.0960. The van der Waals surface area contributed by atoms with Gasteiger partial charge in [-0.3, -0.25) is 4.79 Å². The summed E-state index contributed by atoms with van der Waals surface area (Å²) < 4.78 is 5.33. The van der Waals surface area contributed by atoms with E-state index < -0.39 is 0 Å². The van der Waals surface area contributed by atoms with Crippen LogP contribution >= 0.6 is 11.3 Å². The molecule has 1 heterocycles. The number of carbonyl (C=O) groups is 1. The Bertz CT molecular complexity index is 473. The number of anilines is 2. The highest BCUT2D eigenvalue weighted by molar-refractivity contribution is 7.19. The van der Waals surface area contributed by atoms with E-state index >= 15 is 0 Å². The molecular formula is C13H21N3O2S. The summed E-state index contributed by atoms with van der Waals surface area (Å²) in [5.41, 5.74) is 6.42. The van der Waals surface area contributed by atoms with E-state index in [2.05, 4.69) is 17.6 Å². The third-order valence-electron chi connectivity index (χ3n) is 3.41. The largest absolute Gasteiger partial charge is 0.492 e. The molecule has 1 fully saturated rings. The molecule has 1 saturated carbocycles. The molecule has 5 nitrogen and oxygen atoms in total. The monoisotopic (exact) mass is 283 g/mol. The zero-order valence-corrected chi connectivity index (χ0v) is 12.4. The molecule has 0 bridgehead atoms. The Morgan fingerprint density at radius 3 is 2.79 bits per heavy atom. The molecule has 0 saturated heterocycles. The SMILES string of the molecule is CCNC(=O)c1sc(NC2CC2CC)c(OC)c1N. The minimum absolute atomic E-state index is 0.140. The number of thiophene rings is 1. The van der Waals surface area contributed by atoms with Crippen LogP contribution in [0.3, 0.4) is 0 Å². The van der Waals surface area contributed by atoms with Gasteiger partial charge in [0.05, 0.1) is 7.11 Å². The van der Waals surface area contributed by atoms with Gasteiger partial charge in [-0.05, 0) is 19.3 Å². The molecule has 1 aliphatic rings. The average molecular weight is 283 g/mol. The predicted molar refractivity (Wildman–Crippen MR) is 79.1 cm³/mol. The van der Waals surface area contributed by atoms with Crippen molar-refractivity contribution >= 4 is 27.9 Å². The highest BCUT2D eigenvalue weighted by Gasteiger charge is 2.36. The maximum atomic E-state index is 11.9. The van der Waals surface area contributed by atoms with E-state index in [-0.39, 0.29) is 5.91 Å². The number of hydrogen-bond donors (Lipinski definition) is 3. The van der Waals surface area contributed by atoms with Gasteiger partial charge in [0.2, 0.25) is 0 Å². The van der Waals surface area contributed by atoms with Crippen LogP contribution in [0.4, 0.5) is 10.7 Å². The Balaban J connectivity index is 2.18. The van der Waals surface area contributed by atoms with E-state index in [1.54, 1.807) is 7.11 Å². The molecule has 1 aromatic heterocycles. The zero-order valence-electron chi connectivity index (χ0n) is 11.6. The van der Waals surface area contributed by atoms with Crippen molar-refractivity contribution < 1.29 is 9.53 Å². The van der Waals surface area contributed by atoms with E-state index in [9.17, 15) is 4.79 Å². The topological polar surface area (TPSA) is 76.4 Å². The molecule has 1 aliphatic carbocycles. The van der Waals surface area contributed by atoms with E-state index in [1.165, 1.54) is 24.2 Å². The van der Waals surface area contributed by atoms with Gasteiger partial charge < -0.3 is 21.1 Å². The summed E-state index contributed by atoms with van der Waals surface area (Å²) in [5, 5.41) is 7.06. The lowest BCUT2D eigenvalue weighted by atomic mass is 10.3. The summed E-state index contributed by atoms with van der Waals surface area (Å²) >= 11 is 1.37. The van der Waals surface area contributed by atoms with Crippen molar-refractivity contribution in [3.63, 3.8) is 0 Å². The number of rotatable bonds is 6. The van der Waals surface area contributed by atoms with Gasteiger partial charge in [-0.25, -0.2) is 0 Å². The highest BCUT2D eigenvalue weighted by Crippen LogP contribution is 2.46.